The number of hydrogen-bond acceptors (Lipinski definition) is 1. The third-order valence-electron chi connectivity index (χ3n) is 2.77. The summed E-state index contributed by atoms with van der Waals surface area (Å²) in [7, 11) is 0. The third kappa shape index (κ3) is 3.93. The Morgan fingerprint density at radius 1 is 1.11 bits per heavy atom. The Bertz CT molecular complexity index is 492. The van der Waals surface area contributed by atoms with E-state index in [1.807, 2.05) is 42.5 Å². The molecule has 2 heteroatoms. The summed E-state index contributed by atoms with van der Waals surface area (Å²) in [6.07, 6.45) is 0. The number of benzene rings is 2. The van der Waals surface area contributed by atoms with Crippen LogP contribution < -0.4 is 4.74 Å². The van der Waals surface area contributed by atoms with Gasteiger partial charge in [0.05, 0.1) is 0 Å². The first-order valence-corrected chi connectivity index (χ1v) is 5.92. The van der Waals surface area contributed by atoms with E-state index >= 15 is 0 Å². The molecule has 18 heavy (non-hydrogen) atoms. The minimum Gasteiger partial charge on any atom is -0.483 e. The van der Waals surface area contributed by atoms with Gasteiger partial charge in [0.15, 0.2) is 0 Å². The molecule has 0 saturated carbocycles. The maximum absolute atomic E-state index is 5.74. The first-order chi connectivity index (χ1) is 8.16. The first kappa shape index (κ1) is 15.4. The molecule has 0 heterocycles. The summed E-state index contributed by atoms with van der Waals surface area (Å²) in [6, 6.07) is 17.0. The maximum Gasteiger partial charge on any atom is 0.124 e. The zero-order valence-corrected chi connectivity index (χ0v) is 13.9. The van der Waals surface area contributed by atoms with Crippen molar-refractivity contribution in [2.24, 2.45) is 0 Å². The summed E-state index contributed by atoms with van der Waals surface area (Å²) >= 11 is 0. The molecule has 0 spiro atoms. The minimum atomic E-state index is 0. The zero-order valence-electron chi connectivity index (χ0n) is 11.1. The Hall–Kier alpha value is -0.656. The average Bonchev–Trinajstić information content (AvgIpc) is 2.30. The Morgan fingerprint density at radius 3 is 2.33 bits per heavy atom. The van der Waals surface area contributed by atoms with Gasteiger partial charge in [-0.3, -0.25) is 0 Å². The van der Waals surface area contributed by atoms with Gasteiger partial charge in [0.1, 0.15) is 5.75 Å². The van der Waals surface area contributed by atoms with Gasteiger partial charge in [-0.2, -0.15) is 17.2 Å². The van der Waals surface area contributed by atoms with Crippen LogP contribution in [-0.2, 0) is 32.7 Å². The summed E-state index contributed by atoms with van der Waals surface area (Å²) < 4.78 is 5.74. The van der Waals surface area contributed by atoms with Crippen molar-refractivity contribution in [3.63, 3.8) is 0 Å². The molecule has 0 bridgehead atoms. The molecular weight excluding hydrogens is 297 g/mol. The molecule has 0 amide bonds. The van der Waals surface area contributed by atoms with Crippen LogP contribution in [0.4, 0.5) is 0 Å². The van der Waals surface area contributed by atoms with Crippen LogP contribution in [0.3, 0.4) is 0 Å². The molecule has 2 rings (SSSR count). The smallest absolute Gasteiger partial charge is 0.124 e. The minimum absolute atomic E-state index is 0. The Kier molecular flexibility index (Phi) is 6.04. The molecule has 0 aromatic heterocycles. The van der Waals surface area contributed by atoms with E-state index in [4.69, 9.17) is 4.74 Å². The monoisotopic (exact) mass is 314 g/mol. The van der Waals surface area contributed by atoms with E-state index < -0.39 is 0 Å². The molecule has 0 aliphatic heterocycles. The molecule has 0 saturated heterocycles. The fraction of sp³-hybridized carbons (Fsp3) is 0.250. The van der Waals surface area contributed by atoms with Crippen LogP contribution in [0.15, 0.2) is 42.5 Å². The molecule has 1 nitrogen and oxygen atoms in total. The van der Waals surface area contributed by atoms with Crippen LogP contribution in [-0.4, -0.2) is 0 Å². The SMILES string of the molecule is Cc1cc(Oc2ccccc2)[c-]cc1C(C)C.[Y]. The number of para-hydroxylation sites is 1. The van der Waals surface area contributed by atoms with E-state index in [9.17, 15) is 0 Å². The topological polar surface area (TPSA) is 9.23 Å². The largest absolute Gasteiger partial charge is 0.483 e. The summed E-state index contributed by atoms with van der Waals surface area (Å²) in [6.45, 7) is 6.49. The van der Waals surface area contributed by atoms with E-state index in [1.54, 1.807) is 0 Å². The van der Waals surface area contributed by atoms with E-state index in [2.05, 4.69) is 26.8 Å². The molecule has 0 fully saturated rings. The second kappa shape index (κ2) is 7.06. The van der Waals surface area contributed by atoms with Crippen molar-refractivity contribution < 1.29 is 37.4 Å². The van der Waals surface area contributed by atoms with Crippen molar-refractivity contribution >= 4 is 0 Å². The number of rotatable bonds is 3. The van der Waals surface area contributed by atoms with Crippen LogP contribution in [0.1, 0.15) is 30.9 Å². The molecule has 2 aromatic rings. The summed E-state index contributed by atoms with van der Waals surface area (Å²) in [5, 5.41) is 0. The van der Waals surface area contributed by atoms with Gasteiger partial charge in [-0.25, -0.2) is 0 Å². The van der Waals surface area contributed by atoms with E-state index in [1.165, 1.54) is 11.1 Å². The maximum atomic E-state index is 5.74. The van der Waals surface area contributed by atoms with Crippen molar-refractivity contribution in [1.29, 1.82) is 0 Å². The summed E-state index contributed by atoms with van der Waals surface area (Å²) in [5.74, 6) is 2.15. The van der Waals surface area contributed by atoms with E-state index in [0.717, 1.165) is 11.5 Å². The number of hydrogen-bond donors (Lipinski definition) is 0. The van der Waals surface area contributed by atoms with Crippen molar-refractivity contribution in [3.8, 4) is 11.5 Å². The predicted molar refractivity (Wildman–Crippen MR) is 70.6 cm³/mol. The van der Waals surface area contributed by atoms with Gasteiger partial charge in [-0.05, 0) is 12.1 Å². The van der Waals surface area contributed by atoms with Gasteiger partial charge >= 0.3 is 0 Å². The van der Waals surface area contributed by atoms with Crippen LogP contribution in [0.25, 0.3) is 0 Å². The van der Waals surface area contributed by atoms with Gasteiger partial charge in [0.25, 0.3) is 0 Å². The van der Waals surface area contributed by atoms with Crippen LogP contribution in [0.2, 0.25) is 0 Å². The number of ether oxygens (including phenoxy) is 1. The Balaban J connectivity index is 0.00000162. The Morgan fingerprint density at radius 2 is 1.78 bits per heavy atom. The van der Waals surface area contributed by atoms with Crippen LogP contribution >= 0.6 is 0 Å². The first-order valence-electron chi connectivity index (χ1n) is 5.92. The molecule has 0 N–H and O–H groups in total. The zero-order chi connectivity index (χ0) is 12.3. The molecule has 2 aromatic carbocycles. The van der Waals surface area contributed by atoms with Crippen molar-refractivity contribution in [1.82, 2.24) is 0 Å². The second-order valence-electron chi connectivity index (χ2n) is 4.51. The predicted octanol–water partition coefficient (Wildman–Crippen LogP) is 4.71. The van der Waals surface area contributed by atoms with Gasteiger partial charge in [0.2, 0.25) is 0 Å². The van der Waals surface area contributed by atoms with Crippen LogP contribution in [0, 0.1) is 13.0 Å². The fourth-order valence-corrected chi connectivity index (χ4v) is 1.88. The molecule has 0 atom stereocenters. The molecule has 0 unspecified atom stereocenters. The molecule has 0 aliphatic rings. The van der Waals surface area contributed by atoms with Gasteiger partial charge in [-0.15, -0.1) is 12.1 Å². The molecule has 1 radical (unpaired) electrons. The van der Waals surface area contributed by atoms with Crippen molar-refractivity contribution in [2.75, 3.05) is 0 Å². The van der Waals surface area contributed by atoms with E-state index in [-0.39, 0.29) is 32.7 Å². The van der Waals surface area contributed by atoms with Gasteiger partial charge in [-0.1, -0.05) is 44.9 Å². The van der Waals surface area contributed by atoms with E-state index in [0.29, 0.717) is 5.92 Å². The van der Waals surface area contributed by atoms with Crippen molar-refractivity contribution in [3.05, 3.63) is 59.7 Å². The van der Waals surface area contributed by atoms with Gasteiger partial charge in [0, 0.05) is 38.5 Å². The summed E-state index contributed by atoms with van der Waals surface area (Å²) in [4.78, 5) is 0. The second-order valence-corrected chi connectivity index (χ2v) is 4.51. The van der Waals surface area contributed by atoms with Crippen molar-refractivity contribution in [2.45, 2.75) is 26.7 Å². The molecular formula is C16H17OY-. The molecule has 91 valence electrons. The molecule has 0 aliphatic carbocycles. The number of aryl methyl sites for hydroxylation is 1. The fourth-order valence-electron chi connectivity index (χ4n) is 1.88. The van der Waals surface area contributed by atoms with Gasteiger partial charge < -0.3 is 4.74 Å². The standard InChI is InChI=1S/C16H17O.Y/c1-12(2)16-10-9-15(11-13(16)3)17-14-7-5-4-6-8-14;/h4-8,10-12H,1-3H3;/q-1;. The quantitative estimate of drug-likeness (QED) is 0.746. The van der Waals surface area contributed by atoms with Crippen LogP contribution in [0.5, 0.6) is 11.5 Å². The average molecular weight is 314 g/mol. The normalized spacial score (nSPS) is 10.0. The Labute approximate surface area is 134 Å². The summed E-state index contributed by atoms with van der Waals surface area (Å²) in [5.41, 5.74) is 2.58. The third-order valence-corrected chi connectivity index (χ3v) is 2.77.